The molecular formula is C7H12NO3. The first-order valence-electron chi connectivity index (χ1n) is 3.40. The number of amides is 1. The highest BCUT2D eigenvalue weighted by Crippen LogP contribution is 1.94. The lowest BCUT2D eigenvalue weighted by atomic mass is 10.3. The highest BCUT2D eigenvalue weighted by molar-refractivity contribution is 5.97. The maximum absolute atomic E-state index is 10.7. The van der Waals surface area contributed by atoms with Crippen molar-refractivity contribution in [3.63, 3.8) is 0 Å². The van der Waals surface area contributed by atoms with E-state index in [-0.39, 0.29) is 18.4 Å². The first kappa shape index (κ1) is 10.1. The van der Waals surface area contributed by atoms with Crippen LogP contribution in [0.4, 0.5) is 0 Å². The Hall–Kier alpha value is -0.900. The lowest BCUT2D eigenvalue weighted by Gasteiger charge is -2.06. The summed E-state index contributed by atoms with van der Waals surface area (Å²) in [5.74, 6) is -0.678. The number of hydrogen-bond donors (Lipinski definition) is 2. The predicted octanol–water partition coefficient (Wildman–Crippen LogP) is 0.354. The molecule has 0 saturated carbocycles. The van der Waals surface area contributed by atoms with Gasteiger partial charge in [0, 0.05) is 0 Å². The molecule has 0 aliphatic carbocycles. The van der Waals surface area contributed by atoms with Crippen LogP contribution in [0.15, 0.2) is 0 Å². The van der Waals surface area contributed by atoms with Crippen LogP contribution in [-0.4, -0.2) is 16.8 Å². The minimum atomic E-state index is -0.461. The van der Waals surface area contributed by atoms with Crippen molar-refractivity contribution in [3.05, 3.63) is 6.23 Å². The van der Waals surface area contributed by atoms with Crippen LogP contribution >= 0.6 is 0 Å². The molecule has 1 radical (unpaired) electrons. The molecule has 0 fully saturated rings. The second kappa shape index (κ2) is 4.85. The van der Waals surface area contributed by atoms with Crippen LogP contribution in [0.2, 0.25) is 0 Å². The van der Waals surface area contributed by atoms with Crippen LogP contribution in [0.5, 0.6) is 0 Å². The number of ketones is 1. The molecule has 0 heterocycles. The zero-order valence-corrected chi connectivity index (χ0v) is 6.68. The molecule has 0 aromatic heterocycles. The molecule has 4 heteroatoms. The van der Waals surface area contributed by atoms with Crippen LogP contribution in [0.3, 0.4) is 0 Å². The molecule has 0 aromatic rings. The Morgan fingerprint density at radius 3 is 2.36 bits per heavy atom. The van der Waals surface area contributed by atoms with Crippen molar-refractivity contribution in [2.24, 2.45) is 0 Å². The molecule has 0 aromatic carbocycles. The van der Waals surface area contributed by atoms with Crippen molar-refractivity contribution >= 4 is 11.7 Å². The fourth-order valence-corrected chi connectivity index (χ4v) is 0.520. The van der Waals surface area contributed by atoms with E-state index < -0.39 is 5.91 Å². The first-order chi connectivity index (χ1) is 5.06. The average Bonchev–Trinajstić information content (AvgIpc) is 1.85. The van der Waals surface area contributed by atoms with E-state index in [1.165, 1.54) is 6.92 Å². The van der Waals surface area contributed by atoms with Gasteiger partial charge in [-0.25, -0.2) is 0 Å². The van der Waals surface area contributed by atoms with Gasteiger partial charge in [0.15, 0.2) is 6.23 Å². The summed E-state index contributed by atoms with van der Waals surface area (Å²) in [6.07, 6.45) is 0.0875. The van der Waals surface area contributed by atoms with Crippen LogP contribution < -0.4 is 5.32 Å². The van der Waals surface area contributed by atoms with Crippen molar-refractivity contribution in [1.82, 2.24) is 5.32 Å². The molecule has 0 saturated heterocycles. The number of rotatable bonds is 4. The van der Waals surface area contributed by atoms with Gasteiger partial charge < -0.3 is 10.4 Å². The number of hydrogen-bond acceptors (Lipinski definition) is 3. The lowest BCUT2D eigenvalue weighted by Crippen LogP contribution is -2.28. The molecule has 0 bridgehead atoms. The summed E-state index contributed by atoms with van der Waals surface area (Å²) in [6.45, 7) is 3.02. The van der Waals surface area contributed by atoms with Crippen LogP contribution in [0.1, 0.15) is 26.7 Å². The summed E-state index contributed by atoms with van der Waals surface area (Å²) in [4.78, 5) is 21.1. The van der Waals surface area contributed by atoms with Gasteiger partial charge in [-0.1, -0.05) is 6.92 Å². The first-order valence-corrected chi connectivity index (χ1v) is 3.40. The van der Waals surface area contributed by atoms with Gasteiger partial charge in [-0.2, -0.15) is 0 Å². The van der Waals surface area contributed by atoms with E-state index in [2.05, 4.69) is 5.32 Å². The maximum atomic E-state index is 10.7. The van der Waals surface area contributed by atoms with E-state index >= 15 is 0 Å². The van der Waals surface area contributed by atoms with E-state index in [0.29, 0.717) is 6.42 Å². The minimum absolute atomic E-state index is 0.101. The monoisotopic (exact) mass is 158 g/mol. The zero-order chi connectivity index (χ0) is 8.85. The van der Waals surface area contributed by atoms with Gasteiger partial charge in [0.05, 0.1) is 6.42 Å². The van der Waals surface area contributed by atoms with Crippen LogP contribution in [0.25, 0.3) is 0 Å². The zero-order valence-electron chi connectivity index (χ0n) is 6.68. The Morgan fingerprint density at radius 2 is 2.00 bits per heavy atom. The van der Waals surface area contributed by atoms with Gasteiger partial charge in [-0.15, -0.1) is 0 Å². The average molecular weight is 158 g/mol. The molecule has 0 aliphatic rings. The van der Waals surface area contributed by atoms with Crippen molar-refractivity contribution in [2.75, 3.05) is 0 Å². The van der Waals surface area contributed by atoms with Crippen molar-refractivity contribution < 1.29 is 14.7 Å². The molecule has 0 rings (SSSR count). The van der Waals surface area contributed by atoms with Gasteiger partial charge in [-0.05, 0) is 13.3 Å². The molecule has 1 amide bonds. The summed E-state index contributed by atoms with van der Waals surface area (Å²) in [6, 6.07) is 0. The number of carbonyl (C=O) groups is 2. The lowest BCUT2D eigenvalue weighted by molar-refractivity contribution is -0.127. The second-order valence-electron chi connectivity index (χ2n) is 2.23. The molecule has 0 spiro atoms. The second-order valence-corrected chi connectivity index (χ2v) is 2.23. The summed E-state index contributed by atoms with van der Waals surface area (Å²) in [5, 5.41) is 11.0. The third-order valence-electron chi connectivity index (χ3n) is 1.03. The smallest absolute Gasteiger partial charge is 0.229 e. The molecule has 2 N–H and O–H groups in total. The largest absolute Gasteiger partial charge is 0.367 e. The van der Waals surface area contributed by atoms with E-state index in [1.807, 2.05) is 0 Å². The number of aliphatic hydroxyl groups excluding tert-OH is 1. The Bertz CT molecular complexity index is 156. The standard InChI is InChI=1S/C7H12NO3/c1-3-6(10)8-7(11)4-5(2)9/h10H,3-4H2,1-2H3,(H,8,11). The third kappa shape index (κ3) is 5.54. The van der Waals surface area contributed by atoms with Gasteiger partial charge >= 0.3 is 0 Å². The molecule has 4 nitrogen and oxygen atoms in total. The number of carbonyl (C=O) groups excluding carboxylic acids is 2. The van der Waals surface area contributed by atoms with Crippen LogP contribution in [0, 0.1) is 6.23 Å². The normalized spacial score (nSPS) is 9.82. The van der Waals surface area contributed by atoms with E-state index in [1.54, 1.807) is 6.92 Å². The SMILES string of the molecule is CC[C](O)NC(=O)CC(C)=O. The molecule has 0 aliphatic heterocycles. The predicted molar refractivity (Wildman–Crippen MR) is 38.9 cm³/mol. The van der Waals surface area contributed by atoms with E-state index in [0.717, 1.165) is 0 Å². The molecule has 11 heavy (non-hydrogen) atoms. The third-order valence-corrected chi connectivity index (χ3v) is 1.03. The summed E-state index contributed by atoms with van der Waals surface area (Å²) >= 11 is 0. The van der Waals surface area contributed by atoms with Gasteiger partial charge in [0.2, 0.25) is 5.91 Å². The highest BCUT2D eigenvalue weighted by Gasteiger charge is 2.09. The molecule has 63 valence electrons. The van der Waals surface area contributed by atoms with Crippen LogP contribution in [-0.2, 0) is 9.59 Å². The van der Waals surface area contributed by atoms with Crippen molar-refractivity contribution in [1.29, 1.82) is 0 Å². The quantitative estimate of drug-likeness (QED) is 0.580. The van der Waals surface area contributed by atoms with E-state index in [9.17, 15) is 9.59 Å². The topological polar surface area (TPSA) is 66.4 Å². The van der Waals surface area contributed by atoms with Gasteiger partial charge in [-0.3, -0.25) is 9.59 Å². The Kier molecular flexibility index (Phi) is 4.45. The fourth-order valence-electron chi connectivity index (χ4n) is 0.520. The summed E-state index contributed by atoms with van der Waals surface area (Å²) < 4.78 is 0. The highest BCUT2D eigenvalue weighted by atomic mass is 16.3. The van der Waals surface area contributed by atoms with Gasteiger partial charge in [0.25, 0.3) is 0 Å². The molecular weight excluding hydrogens is 146 g/mol. The molecule has 0 atom stereocenters. The summed E-state index contributed by atoms with van der Waals surface area (Å²) in [7, 11) is 0. The Labute approximate surface area is 65.6 Å². The minimum Gasteiger partial charge on any atom is -0.367 e. The number of aliphatic hydroxyl groups is 1. The molecule has 0 unspecified atom stereocenters. The van der Waals surface area contributed by atoms with Crippen molar-refractivity contribution in [3.8, 4) is 0 Å². The number of Topliss-reactive ketones (excluding diaryl/α,β-unsaturated/α-hetero) is 1. The Balaban J connectivity index is 3.60. The van der Waals surface area contributed by atoms with Crippen molar-refractivity contribution in [2.45, 2.75) is 26.7 Å². The van der Waals surface area contributed by atoms with E-state index in [4.69, 9.17) is 5.11 Å². The maximum Gasteiger partial charge on any atom is 0.229 e. The van der Waals surface area contributed by atoms with Gasteiger partial charge in [0.1, 0.15) is 5.78 Å². The fraction of sp³-hybridized carbons (Fsp3) is 0.571. The summed E-state index contributed by atoms with van der Waals surface area (Å²) in [5.41, 5.74) is 0. The number of nitrogens with one attached hydrogen (secondary N) is 1. The Morgan fingerprint density at radius 1 is 1.45 bits per heavy atom.